The lowest BCUT2D eigenvalue weighted by Gasteiger charge is -2.32. The van der Waals surface area contributed by atoms with Crippen LogP contribution in [0.3, 0.4) is 0 Å². The van der Waals surface area contributed by atoms with Crippen LogP contribution in [-0.2, 0) is 14.3 Å². The van der Waals surface area contributed by atoms with Gasteiger partial charge in [0.1, 0.15) is 18.0 Å². The summed E-state index contributed by atoms with van der Waals surface area (Å²) >= 11 is 12.3. The van der Waals surface area contributed by atoms with Crippen molar-refractivity contribution >= 4 is 40.9 Å². The maximum Gasteiger partial charge on any atom is 0.309 e. The van der Waals surface area contributed by atoms with Crippen molar-refractivity contribution in [3.63, 3.8) is 0 Å². The Morgan fingerprint density at radius 1 is 1.03 bits per heavy atom. The third-order valence-electron chi connectivity index (χ3n) is 5.93. The topological polar surface area (TPSA) is 101 Å². The zero-order valence-electron chi connectivity index (χ0n) is 21.9. The smallest absolute Gasteiger partial charge is 0.309 e. The summed E-state index contributed by atoms with van der Waals surface area (Å²) < 4.78 is 22.3. The molecule has 0 bridgehead atoms. The van der Waals surface area contributed by atoms with Crippen LogP contribution in [0.15, 0.2) is 30.5 Å². The molecule has 0 N–H and O–H groups in total. The highest BCUT2D eigenvalue weighted by atomic mass is 35.5. The number of halogens is 2. The van der Waals surface area contributed by atoms with Crippen LogP contribution in [0.1, 0.15) is 64.4 Å². The summed E-state index contributed by atoms with van der Waals surface area (Å²) in [5, 5.41) is 0.840. The number of hydrogen-bond donors (Lipinski definition) is 0. The number of ether oxygens (including phenoxy) is 4. The van der Waals surface area contributed by atoms with Gasteiger partial charge in [-0.2, -0.15) is 0 Å². The molecule has 0 saturated carbocycles. The molecule has 0 radical (unpaired) electrons. The molecule has 10 heteroatoms. The van der Waals surface area contributed by atoms with Gasteiger partial charge in [-0.3, -0.25) is 14.4 Å². The van der Waals surface area contributed by atoms with Gasteiger partial charge < -0.3 is 18.9 Å². The molecule has 0 amide bonds. The molecule has 8 nitrogen and oxygen atoms in total. The highest BCUT2D eigenvalue weighted by Crippen LogP contribution is 2.33. The van der Waals surface area contributed by atoms with Crippen molar-refractivity contribution in [2.45, 2.75) is 66.1 Å². The van der Waals surface area contributed by atoms with E-state index in [9.17, 15) is 14.4 Å². The summed E-state index contributed by atoms with van der Waals surface area (Å²) in [6.45, 7) is 8.61. The number of pyridine rings is 1. The number of carbonyl (C=O) groups excluding carboxylic acids is 3. The van der Waals surface area contributed by atoms with Gasteiger partial charge in [-0.15, -0.1) is 0 Å². The van der Waals surface area contributed by atoms with Gasteiger partial charge in [0.15, 0.2) is 17.2 Å². The first-order valence-corrected chi connectivity index (χ1v) is 12.8. The fraction of sp³-hybridized carbons (Fsp3) is 0.481. The van der Waals surface area contributed by atoms with Crippen molar-refractivity contribution in [1.29, 1.82) is 0 Å². The van der Waals surface area contributed by atoms with Gasteiger partial charge in [0, 0.05) is 30.6 Å². The summed E-state index contributed by atoms with van der Waals surface area (Å²) in [6.07, 6.45) is 1.64. The number of aromatic nitrogens is 1. The minimum atomic E-state index is -0.797. The molecule has 0 aliphatic heterocycles. The van der Waals surface area contributed by atoms with Crippen molar-refractivity contribution in [3.8, 4) is 17.2 Å². The van der Waals surface area contributed by atoms with Crippen LogP contribution in [-0.4, -0.2) is 42.0 Å². The monoisotopic (exact) mass is 553 g/mol. The summed E-state index contributed by atoms with van der Waals surface area (Å²) in [6, 6.07) is 6.41. The molecule has 0 unspecified atom stereocenters. The van der Waals surface area contributed by atoms with Gasteiger partial charge in [-0.1, -0.05) is 44.0 Å². The quantitative estimate of drug-likeness (QED) is 0.209. The summed E-state index contributed by atoms with van der Waals surface area (Å²) in [7, 11) is 1.38. The summed E-state index contributed by atoms with van der Waals surface area (Å²) in [5.41, 5.74) is -0.0992. The number of benzene rings is 1. The second-order valence-corrected chi connectivity index (χ2v) is 9.53. The van der Waals surface area contributed by atoms with E-state index in [0.717, 1.165) is 12.8 Å². The van der Waals surface area contributed by atoms with E-state index in [1.807, 2.05) is 13.8 Å². The molecule has 3 atom stereocenters. The molecule has 202 valence electrons. The molecule has 0 fully saturated rings. The Labute approximate surface area is 227 Å². The largest absolute Gasteiger partial charge is 0.493 e. The van der Waals surface area contributed by atoms with Crippen LogP contribution in [0.25, 0.3) is 0 Å². The van der Waals surface area contributed by atoms with Gasteiger partial charge in [0.2, 0.25) is 5.75 Å². The minimum absolute atomic E-state index is 0.0822. The molecule has 1 aromatic heterocycles. The van der Waals surface area contributed by atoms with Gasteiger partial charge in [-0.25, -0.2) is 4.98 Å². The minimum Gasteiger partial charge on any atom is -0.493 e. The Kier molecular flexibility index (Phi) is 11.7. The second kappa shape index (κ2) is 14.2. The maximum absolute atomic E-state index is 13.0. The number of esters is 2. The fourth-order valence-corrected chi connectivity index (χ4v) is 4.36. The average molecular weight is 554 g/mol. The number of hydrogen-bond acceptors (Lipinski definition) is 8. The molecule has 0 saturated heterocycles. The molecule has 1 heterocycles. The summed E-state index contributed by atoms with van der Waals surface area (Å²) in [5.74, 6) is -1.87. The van der Waals surface area contributed by atoms with Crippen LogP contribution in [0.4, 0.5) is 0 Å². The van der Waals surface area contributed by atoms with Crippen LogP contribution in [0, 0.1) is 11.8 Å². The first-order valence-electron chi connectivity index (χ1n) is 12.1. The average Bonchev–Trinajstić information content (AvgIpc) is 2.84. The number of methoxy groups -OCH3 is 1. The summed E-state index contributed by atoms with van der Waals surface area (Å²) in [4.78, 5) is 41.5. The van der Waals surface area contributed by atoms with E-state index in [1.54, 1.807) is 32.0 Å². The first-order chi connectivity index (χ1) is 17.5. The van der Waals surface area contributed by atoms with E-state index in [2.05, 4.69) is 4.98 Å². The Morgan fingerprint density at radius 2 is 1.70 bits per heavy atom. The van der Waals surface area contributed by atoms with Crippen LogP contribution in [0.2, 0.25) is 10.0 Å². The molecule has 2 rings (SSSR count). The molecule has 0 aliphatic carbocycles. The normalized spacial score (nSPS) is 13.4. The van der Waals surface area contributed by atoms with Gasteiger partial charge in [0.25, 0.3) is 0 Å². The molecule has 1 aromatic carbocycles. The number of ketones is 1. The molecular weight excluding hydrogens is 521 g/mol. The Bertz CT molecular complexity index is 1100. The van der Waals surface area contributed by atoms with E-state index in [4.69, 9.17) is 42.1 Å². The molecule has 2 aromatic rings. The number of Topliss-reactive ketones (excluding diaryl/α,β-unsaturated/α-hetero) is 1. The Balaban J connectivity index is 2.17. The number of carbonyl (C=O) groups is 3. The number of nitrogens with zero attached hydrogens (tertiary/aromatic N) is 1. The van der Waals surface area contributed by atoms with Gasteiger partial charge in [0.05, 0.1) is 18.1 Å². The highest BCUT2D eigenvalue weighted by molar-refractivity contribution is 6.35. The molecule has 0 spiro atoms. The van der Waals surface area contributed by atoms with Crippen molar-refractivity contribution < 1.29 is 33.3 Å². The second-order valence-electron chi connectivity index (χ2n) is 8.69. The van der Waals surface area contributed by atoms with E-state index < -0.39 is 35.8 Å². The zero-order valence-corrected chi connectivity index (χ0v) is 23.4. The van der Waals surface area contributed by atoms with Crippen LogP contribution in [0.5, 0.6) is 17.2 Å². The lowest BCUT2D eigenvalue weighted by Crippen LogP contribution is -2.40. The SMILES string of the molecule is CCC(CC)[C@H](Oc1ccc(Cl)cc1Cl)[C@H](C)OC(=O)[C@H](C)CC(=O)c1nccc(OC)c1OC(C)=O. The lowest BCUT2D eigenvalue weighted by molar-refractivity contribution is -0.158. The predicted molar refractivity (Wildman–Crippen MR) is 141 cm³/mol. The van der Waals surface area contributed by atoms with Crippen molar-refractivity contribution in [1.82, 2.24) is 4.98 Å². The van der Waals surface area contributed by atoms with Gasteiger partial charge in [-0.05, 0) is 43.9 Å². The first kappa shape index (κ1) is 30.4. The molecule has 37 heavy (non-hydrogen) atoms. The number of rotatable bonds is 13. The maximum atomic E-state index is 13.0. The predicted octanol–water partition coefficient (Wildman–Crippen LogP) is 6.35. The van der Waals surface area contributed by atoms with Crippen molar-refractivity contribution in [2.75, 3.05) is 7.11 Å². The Morgan fingerprint density at radius 3 is 2.27 bits per heavy atom. The van der Waals surface area contributed by atoms with Crippen LogP contribution >= 0.6 is 23.2 Å². The zero-order chi connectivity index (χ0) is 27.7. The molecule has 0 aliphatic rings. The van der Waals surface area contributed by atoms with E-state index in [0.29, 0.717) is 15.8 Å². The van der Waals surface area contributed by atoms with Gasteiger partial charge >= 0.3 is 11.9 Å². The van der Waals surface area contributed by atoms with E-state index in [1.165, 1.54) is 26.3 Å². The van der Waals surface area contributed by atoms with Crippen molar-refractivity contribution in [3.05, 3.63) is 46.2 Å². The standard InChI is InChI=1S/C27H33Cl2NO7/c1-7-18(8-2)25(37-22-10-9-19(28)14-20(22)29)16(4)35-27(33)15(3)13-21(32)24-26(36-17(5)31)23(34-6)11-12-30-24/h9-12,14-16,18,25H,7-8,13H2,1-6H3/t15-,16+,25-/m1/s1. The lowest BCUT2D eigenvalue weighted by atomic mass is 9.92. The van der Waals surface area contributed by atoms with Crippen molar-refractivity contribution in [2.24, 2.45) is 11.8 Å². The highest BCUT2D eigenvalue weighted by Gasteiger charge is 2.32. The van der Waals surface area contributed by atoms with E-state index >= 15 is 0 Å². The van der Waals surface area contributed by atoms with E-state index in [-0.39, 0.29) is 29.5 Å². The fourth-order valence-electron chi connectivity index (χ4n) is 3.90. The third-order valence-corrected chi connectivity index (χ3v) is 6.46. The Hall–Kier alpha value is -2.84. The van der Waals surface area contributed by atoms with Crippen LogP contribution < -0.4 is 14.2 Å². The third kappa shape index (κ3) is 8.33. The molecular formula is C27H33Cl2NO7.